The number of thioether (sulfide) groups is 1. The number of carbonyl (C=O) groups excluding carboxylic acids is 1. The topological polar surface area (TPSA) is 97.6 Å². The van der Waals surface area contributed by atoms with Crippen LogP contribution < -0.4 is 9.47 Å². The number of rotatable bonds is 8. The summed E-state index contributed by atoms with van der Waals surface area (Å²) < 4.78 is 16.0. The van der Waals surface area contributed by atoms with Crippen LogP contribution in [0.2, 0.25) is 0 Å². The minimum atomic E-state index is -0.647. The van der Waals surface area contributed by atoms with E-state index in [-0.39, 0.29) is 23.7 Å². The van der Waals surface area contributed by atoms with Crippen LogP contribution in [-0.4, -0.2) is 41.0 Å². The number of phenolic OH excluding ortho intramolecular Hbond substituents is 1. The maximum atomic E-state index is 12.5. The van der Waals surface area contributed by atoms with Crippen molar-refractivity contribution in [3.05, 3.63) is 64.3 Å². The molecule has 1 aliphatic rings. The molecule has 1 heterocycles. The first kappa shape index (κ1) is 23.3. The number of aliphatic hydroxyl groups is 1. The normalized spacial score (nSPS) is 16.0. The molecule has 0 atom stereocenters. The van der Waals surface area contributed by atoms with Gasteiger partial charge in [-0.05, 0) is 68.8 Å². The first-order valence-electron chi connectivity index (χ1n) is 10.2. The van der Waals surface area contributed by atoms with Crippen molar-refractivity contribution in [2.45, 2.75) is 20.8 Å². The van der Waals surface area contributed by atoms with Crippen LogP contribution >= 0.6 is 11.8 Å². The van der Waals surface area contributed by atoms with E-state index in [1.807, 2.05) is 13.8 Å². The Morgan fingerprint density at radius 3 is 2.38 bits per heavy atom. The van der Waals surface area contributed by atoms with Gasteiger partial charge in [0.15, 0.2) is 11.5 Å². The molecular formula is C24H25NO6S. The fourth-order valence-electron chi connectivity index (χ4n) is 2.94. The van der Waals surface area contributed by atoms with Crippen molar-refractivity contribution >= 4 is 34.5 Å². The van der Waals surface area contributed by atoms with E-state index in [9.17, 15) is 15.0 Å². The number of aliphatic imine (C=N–C) groups is 1. The van der Waals surface area contributed by atoms with Crippen molar-refractivity contribution in [1.29, 1.82) is 0 Å². The Balaban J connectivity index is 1.98. The number of esters is 1. The van der Waals surface area contributed by atoms with E-state index >= 15 is 0 Å². The number of hydrogen-bond acceptors (Lipinski definition) is 8. The number of hydrogen-bond donors (Lipinski definition) is 2. The lowest BCUT2D eigenvalue weighted by Crippen LogP contribution is -2.12. The fraction of sp³-hybridized carbons (Fsp3) is 0.250. The molecule has 0 fully saturated rings. The summed E-state index contributed by atoms with van der Waals surface area (Å²) in [6.07, 6.45) is 1.70. The lowest BCUT2D eigenvalue weighted by molar-refractivity contribution is -0.138. The fourth-order valence-corrected chi connectivity index (χ4v) is 3.97. The van der Waals surface area contributed by atoms with Crippen LogP contribution in [0.3, 0.4) is 0 Å². The Bertz CT molecular complexity index is 1070. The van der Waals surface area contributed by atoms with Crippen molar-refractivity contribution in [1.82, 2.24) is 0 Å². The predicted molar refractivity (Wildman–Crippen MR) is 126 cm³/mol. The standard InChI is InChI=1S/C24H25NO6S/c1-4-29-17-10-8-16(9-11-17)25-23-21(24(28)31-6-3)22(27)20(32-23)14-15-7-12-18(26)19(13-15)30-5-2/h7-14,26-27H,4-6H2,1-3H3/b20-14+,25-23?. The second kappa shape index (κ2) is 10.8. The van der Waals surface area contributed by atoms with Gasteiger partial charge in [0.2, 0.25) is 0 Å². The van der Waals surface area contributed by atoms with Crippen LogP contribution in [0.15, 0.2) is 63.7 Å². The van der Waals surface area contributed by atoms with Crippen LogP contribution in [0.25, 0.3) is 6.08 Å². The van der Waals surface area contributed by atoms with Crippen molar-refractivity contribution in [2.75, 3.05) is 19.8 Å². The summed E-state index contributed by atoms with van der Waals surface area (Å²) in [7, 11) is 0. The minimum Gasteiger partial charge on any atom is -0.506 e. The van der Waals surface area contributed by atoms with Gasteiger partial charge in [0, 0.05) is 0 Å². The molecule has 2 N–H and O–H groups in total. The van der Waals surface area contributed by atoms with E-state index in [0.29, 0.717) is 40.2 Å². The summed E-state index contributed by atoms with van der Waals surface area (Å²) in [6.45, 7) is 6.56. The number of aromatic hydroxyl groups is 1. The SMILES string of the molecule is CCOC(=O)C1=C(O)/C(=C\c2ccc(O)c(OCC)c2)SC1=Nc1ccc(OCC)cc1. The molecule has 8 heteroatoms. The Labute approximate surface area is 191 Å². The van der Waals surface area contributed by atoms with Gasteiger partial charge in [-0.15, -0.1) is 0 Å². The largest absolute Gasteiger partial charge is 0.506 e. The van der Waals surface area contributed by atoms with Gasteiger partial charge >= 0.3 is 5.97 Å². The molecule has 32 heavy (non-hydrogen) atoms. The number of aliphatic hydroxyl groups excluding tert-OH is 1. The highest BCUT2D eigenvalue weighted by atomic mass is 32.2. The molecule has 2 aromatic carbocycles. The van der Waals surface area contributed by atoms with E-state index in [4.69, 9.17) is 14.2 Å². The molecule has 0 amide bonds. The minimum absolute atomic E-state index is 0.0146. The second-order valence-electron chi connectivity index (χ2n) is 6.56. The number of ether oxygens (including phenoxy) is 3. The third-order valence-electron chi connectivity index (χ3n) is 4.33. The summed E-state index contributed by atoms with van der Waals surface area (Å²) in [5.41, 5.74) is 1.31. The van der Waals surface area contributed by atoms with Crippen LogP contribution in [-0.2, 0) is 9.53 Å². The van der Waals surface area contributed by atoms with Gasteiger partial charge in [-0.2, -0.15) is 0 Å². The van der Waals surface area contributed by atoms with Crippen molar-refractivity contribution in [3.63, 3.8) is 0 Å². The molecule has 7 nitrogen and oxygen atoms in total. The number of benzene rings is 2. The van der Waals surface area contributed by atoms with Gasteiger partial charge in [-0.1, -0.05) is 17.8 Å². The molecule has 0 radical (unpaired) electrons. The third kappa shape index (κ3) is 5.45. The molecule has 0 saturated carbocycles. The summed E-state index contributed by atoms with van der Waals surface area (Å²) in [5.74, 6) is 0.230. The molecule has 168 valence electrons. The third-order valence-corrected chi connectivity index (χ3v) is 5.35. The van der Waals surface area contributed by atoms with E-state index < -0.39 is 5.97 Å². The van der Waals surface area contributed by atoms with Gasteiger partial charge in [0.25, 0.3) is 0 Å². The zero-order chi connectivity index (χ0) is 23.1. The van der Waals surface area contributed by atoms with Gasteiger partial charge in [-0.3, -0.25) is 0 Å². The number of phenols is 1. The van der Waals surface area contributed by atoms with E-state index in [1.165, 1.54) is 6.07 Å². The average Bonchev–Trinajstić information content (AvgIpc) is 3.07. The molecular weight excluding hydrogens is 430 g/mol. The highest BCUT2D eigenvalue weighted by molar-refractivity contribution is 8.18. The summed E-state index contributed by atoms with van der Waals surface area (Å²) >= 11 is 1.16. The van der Waals surface area contributed by atoms with Crippen molar-refractivity contribution in [2.24, 2.45) is 4.99 Å². The summed E-state index contributed by atoms with van der Waals surface area (Å²) in [4.78, 5) is 17.5. The Kier molecular flexibility index (Phi) is 7.83. The average molecular weight is 456 g/mol. The number of nitrogens with zero attached hydrogens (tertiary/aromatic N) is 1. The highest BCUT2D eigenvalue weighted by Gasteiger charge is 2.33. The van der Waals surface area contributed by atoms with Crippen molar-refractivity contribution in [3.8, 4) is 17.2 Å². The zero-order valence-electron chi connectivity index (χ0n) is 18.1. The van der Waals surface area contributed by atoms with Gasteiger partial charge < -0.3 is 24.4 Å². The zero-order valence-corrected chi connectivity index (χ0v) is 18.9. The first-order chi connectivity index (χ1) is 15.5. The maximum absolute atomic E-state index is 12.5. The van der Waals surface area contributed by atoms with Crippen LogP contribution in [0.1, 0.15) is 26.3 Å². The lowest BCUT2D eigenvalue weighted by atomic mass is 10.1. The summed E-state index contributed by atoms with van der Waals surface area (Å²) in [6, 6.07) is 12.0. The quantitative estimate of drug-likeness (QED) is 0.516. The van der Waals surface area contributed by atoms with Crippen LogP contribution in [0.5, 0.6) is 17.2 Å². The molecule has 0 bridgehead atoms. The molecule has 1 aliphatic heterocycles. The van der Waals surface area contributed by atoms with Gasteiger partial charge in [0.05, 0.1) is 30.4 Å². The molecule has 0 spiro atoms. The molecule has 2 aromatic rings. The highest BCUT2D eigenvalue weighted by Crippen LogP contribution is 2.41. The Morgan fingerprint density at radius 1 is 1.00 bits per heavy atom. The second-order valence-corrected chi connectivity index (χ2v) is 7.59. The molecule has 3 rings (SSSR count). The lowest BCUT2D eigenvalue weighted by Gasteiger charge is -2.07. The molecule has 0 unspecified atom stereocenters. The summed E-state index contributed by atoms with van der Waals surface area (Å²) in [5, 5.41) is 21.1. The molecule has 0 aliphatic carbocycles. The monoisotopic (exact) mass is 455 g/mol. The van der Waals surface area contributed by atoms with E-state index in [1.54, 1.807) is 49.4 Å². The van der Waals surface area contributed by atoms with Crippen LogP contribution in [0.4, 0.5) is 5.69 Å². The van der Waals surface area contributed by atoms with E-state index in [0.717, 1.165) is 17.5 Å². The Hall–Kier alpha value is -3.39. The predicted octanol–water partition coefficient (Wildman–Crippen LogP) is 5.38. The van der Waals surface area contributed by atoms with Crippen molar-refractivity contribution < 1.29 is 29.2 Å². The first-order valence-corrected chi connectivity index (χ1v) is 11.1. The molecule has 0 saturated heterocycles. The van der Waals surface area contributed by atoms with Gasteiger partial charge in [-0.25, -0.2) is 9.79 Å². The van der Waals surface area contributed by atoms with Crippen LogP contribution in [0, 0.1) is 0 Å². The Morgan fingerprint density at radius 2 is 1.72 bits per heavy atom. The number of carbonyl (C=O) groups is 1. The smallest absolute Gasteiger partial charge is 0.344 e. The van der Waals surface area contributed by atoms with Gasteiger partial charge in [0.1, 0.15) is 22.1 Å². The maximum Gasteiger partial charge on any atom is 0.344 e. The molecule has 0 aromatic heterocycles. The van der Waals surface area contributed by atoms with E-state index in [2.05, 4.69) is 4.99 Å².